The zero-order chi connectivity index (χ0) is 11.4. The van der Waals surface area contributed by atoms with Crippen molar-refractivity contribution in [3.63, 3.8) is 0 Å². The first-order valence-electron chi connectivity index (χ1n) is 5.72. The molecule has 5 heteroatoms. The van der Waals surface area contributed by atoms with Crippen molar-refractivity contribution < 1.29 is 4.74 Å². The fourth-order valence-electron chi connectivity index (χ4n) is 2.08. The lowest BCUT2D eigenvalue weighted by Crippen LogP contribution is -2.25. The maximum atomic E-state index is 5.77. The maximum Gasteiger partial charge on any atom is 0.204 e. The molecule has 0 amide bonds. The molecule has 2 heterocycles. The van der Waals surface area contributed by atoms with E-state index in [2.05, 4.69) is 14.9 Å². The minimum Gasteiger partial charge on any atom is -0.490 e. The van der Waals surface area contributed by atoms with Gasteiger partial charge in [0.15, 0.2) is 11.6 Å². The highest BCUT2D eigenvalue weighted by atomic mass is 16.5. The van der Waals surface area contributed by atoms with E-state index in [1.165, 1.54) is 32.0 Å². The van der Waals surface area contributed by atoms with Crippen LogP contribution in [-0.4, -0.2) is 30.2 Å². The second kappa shape index (κ2) is 5.01. The van der Waals surface area contributed by atoms with Crippen molar-refractivity contribution in [3.05, 3.63) is 6.33 Å². The van der Waals surface area contributed by atoms with Crippen molar-refractivity contribution in [3.8, 4) is 5.75 Å². The Balaban J connectivity index is 2.27. The van der Waals surface area contributed by atoms with Gasteiger partial charge in [-0.05, 0) is 12.8 Å². The summed E-state index contributed by atoms with van der Waals surface area (Å²) >= 11 is 0. The van der Waals surface area contributed by atoms with Gasteiger partial charge in [-0.15, -0.1) is 0 Å². The topological polar surface area (TPSA) is 64.3 Å². The van der Waals surface area contributed by atoms with Crippen molar-refractivity contribution in [2.45, 2.75) is 25.7 Å². The van der Waals surface area contributed by atoms with Gasteiger partial charge in [-0.25, -0.2) is 9.97 Å². The van der Waals surface area contributed by atoms with Crippen LogP contribution in [0.15, 0.2) is 6.33 Å². The van der Waals surface area contributed by atoms with Crippen LogP contribution in [0.4, 0.5) is 11.6 Å². The van der Waals surface area contributed by atoms with E-state index in [1.807, 2.05) is 0 Å². The molecule has 0 spiro atoms. The van der Waals surface area contributed by atoms with Crippen LogP contribution in [0.1, 0.15) is 25.7 Å². The molecule has 0 atom stereocenters. The van der Waals surface area contributed by atoms with Crippen LogP contribution in [0.2, 0.25) is 0 Å². The van der Waals surface area contributed by atoms with Gasteiger partial charge in [-0.1, -0.05) is 12.8 Å². The van der Waals surface area contributed by atoms with E-state index in [-0.39, 0.29) is 0 Å². The lowest BCUT2D eigenvalue weighted by Gasteiger charge is -2.23. The molecule has 1 fully saturated rings. The first kappa shape index (κ1) is 11.0. The average molecular weight is 222 g/mol. The summed E-state index contributed by atoms with van der Waals surface area (Å²) in [5, 5.41) is 0. The summed E-state index contributed by atoms with van der Waals surface area (Å²) < 4.78 is 5.28. The molecule has 2 N–H and O–H groups in total. The summed E-state index contributed by atoms with van der Waals surface area (Å²) in [5.74, 6) is 1.85. The third-order valence-corrected chi connectivity index (χ3v) is 2.92. The summed E-state index contributed by atoms with van der Waals surface area (Å²) in [6.45, 7) is 2.04. The van der Waals surface area contributed by atoms with E-state index >= 15 is 0 Å². The van der Waals surface area contributed by atoms with E-state index in [0.29, 0.717) is 11.6 Å². The van der Waals surface area contributed by atoms with Crippen LogP contribution < -0.4 is 15.4 Å². The molecule has 1 aromatic rings. The van der Waals surface area contributed by atoms with E-state index in [4.69, 9.17) is 10.5 Å². The predicted molar refractivity (Wildman–Crippen MR) is 63.7 cm³/mol. The molecule has 2 rings (SSSR count). The molecule has 1 aliphatic rings. The van der Waals surface area contributed by atoms with Crippen LogP contribution in [-0.2, 0) is 0 Å². The summed E-state index contributed by atoms with van der Waals surface area (Å²) in [4.78, 5) is 10.5. The maximum absolute atomic E-state index is 5.77. The van der Waals surface area contributed by atoms with Gasteiger partial charge in [-0.3, -0.25) is 0 Å². The Morgan fingerprint density at radius 2 is 1.88 bits per heavy atom. The van der Waals surface area contributed by atoms with Crippen molar-refractivity contribution in [2.24, 2.45) is 0 Å². The highest BCUT2D eigenvalue weighted by Gasteiger charge is 2.17. The Morgan fingerprint density at radius 3 is 2.50 bits per heavy atom. The van der Waals surface area contributed by atoms with E-state index in [9.17, 15) is 0 Å². The molecule has 1 aliphatic heterocycles. The van der Waals surface area contributed by atoms with E-state index in [1.54, 1.807) is 7.11 Å². The number of hydrogen-bond donors (Lipinski definition) is 1. The van der Waals surface area contributed by atoms with Gasteiger partial charge in [0.1, 0.15) is 6.33 Å². The van der Waals surface area contributed by atoms with E-state index in [0.717, 1.165) is 18.9 Å². The molecule has 0 aliphatic carbocycles. The molecule has 0 saturated carbocycles. The lowest BCUT2D eigenvalue weighted by atomic mass is 10.2. The third kappa shape index (κ3) is 2.18. The van der Waals surface area contributed by atoms with Gasteiger partial charge in [0, 0.05) is 13.1 Å². The van der Waals surface area contributed by atoms with Gasteiger partial charge in [0.05, 0.1) is 7.11 Å². The van der Waals surface area contributed by atoms with Crippen LogP contribution in [0.5, 0.6) is 5.75 Å². The Bertz CT molecular complexity index is 348. The van der Waals surface area contributed by atoms with Gasteiger partial charge < -0.3 is 15.4 Å². The van der Waals surface area contributed by atoms with Crippen LogP contribution in [0, 0.1) is 0 Å². The molecular formula is C11H18N4O. The van der Waals surface area contributed by atoms with Gasteiger partial charge in [0.2, 0.25) is 5.75 Å². The van der Waals surface area contributed by atoms with E-state index < -0.39 is 0 Å². The minimum atomic E-state index is 0.414. The molecule has 16 heavy (non-hydrogen) atoms. The molecule has 1 aromatic heterocycles. The second-order valence-corrected chi connectivity index (χ2v) is 4.02. The smallest absolute Gasteiger partial charge is 0.204 e. The predicted octanol–water partition coefficient (Wildman–Crippen LogP) is 1.45. The largest absolute Gasteiger partial charge is 0.490 e. The van der Waals surface area contributed by atoms with Crippen LogP contribution >= 0.6 is 0 Å². The van der Waals surface area contributed by atoms with Crippen LogP contribution in [0.25, 0.3) is 0 Å². The fraction of sp³-hybridized carbons (Fsp3) is 0.636. The quantitative estimate of drug-likeness (QED) is 0.820. The van der Waals surface area contributed by atoms with Crippen molar-refractivity contribution >= 4 is 11.6 Å². The van der Waals surface area contributed by atoms with Crippen molar-refractivity contribution in [1.82, 2.24) is 9.97 Å². The number of nitrogen functional groups attached to an aromatic ring is 1. The molecule has 5 nitrogen and oxygen atoms in total. The Kier molecular flexibility index (Phi) is 3.44. The summed E-state index contributed by atoms with van der Waals surface area (Å²) in [6, 6.07) is 0. The first-order chi connectivity index (χ1) is 7.83. The number of ether oxygens (including phenoxy) is 1. The van der Waals surface area contributed by atoms with Gasteiger partial charge in [0.25, 0.3) is 0 Å². The molecule has 88 valence electrons. The highest BCUT2D eigenvalue weighted by Crippen LogP contribution is 2.31. The Morgan fingerprint density at radius 1 is 1.19 bits per heavy atom. The van der Waals surface area contributed by atoms with Gasteiger partial charge >= 0.3 is 0 Å². The zero-order valence-corrected chi connectivity index (χ0v) is 9.65. The standard InChI is InChI=1S/C11H18N4O/c1-16-9-10(12)13-8-14-11(9)15-6-4-2-3-5-7-15/h8H,2-7H2,1H3,(H2,12,13,14). The number of rotatable bonds is 2. The summed E-state index contributed by atoms with van der Waals surface area (Å²) in [5.41, 5.74) is 5.77. The Labute approximate surface area is 95.6 Å². The number of hydrogen-bond acceptors (Lipinski definition) is 5. The fourth-order valence-corrected chi connectivity index (χ4v) is 2.08. The zero-order valence-electron chi connectivity index (χ0n) is 9.65. The number of anilines is 2. The number of nitrogens with two attached hydrogens (primary N) is 1. The molecule has 1 saturated heterocycles. The van der Waals surface area contributed by atoms with Gasteiger partial charge in [-0.2, -0.15) is 0 Å². The number of methoxy groups -OCH3 is 1. The molecular weight excluding hydrogens is 204 g/mol. The SMILES string of the molecule is COc1c(N)ncnc1N1CCCCCC1. The normalized spacial score (nSPS) is 16.9. The summed E-state index contributed by atoms with van der Waals surface area (Å²) in [7, 11) is 1.61. The minimum absolute atomic E-state index is 0.414. The second-order valence-electron chi connectivity index (χ2n) is 4.02. The summed E-state index contributed by atoms with van der Waals surface area (Å²) in [6.07, 6.45) is 6.48. The number of aromatic nitrogens is 2. The third-order valence-electron chi connectivity index (χ3n) is 2.92. The Hall–Kier alpha value is -1.52. The van der Waals surface area contributed by atoms with Crippen LogP contribution in [0.3, 0.4) is 0 Å². The molecule has 0 radical (unpaired) electrons. The first-order valence-corrected chi connectivity index (χ1v) is 5.72. The monoisotopic (exact) mass is 222 g/mol. The molecule has 0 bridgehead atoms. The molecule has 0 unspecified atom stereocenters. The van der Waals surface area contributed by atoms with Crippen molar-refractivity contribution in [2.75, 3.05) is 30.8 Å². The molecule has 0 aromatic carbocycles. The number of nitrogens with zero attached hydrogens (tertiary/aromatic N) is 3. The highest BCUT2D eigenvalue weighted by molar-refractivity contribution is 5.62. The lowest BCUT2D eigenvalue weighted by molar-refractivity contribution is 0.412. The van der Waals surface area contributed by atoms with Crippen molar-refractivity contribution in [1.29, 1.82) is 0 Å². The average Bonchev–Trinajstić information content (AvgIpc) is 2.57.